The highest BCUT2D eigenvalue weighted by molar-refractivity contribution is 4.76. The fourth-order valence-electron chi connectivity index (χ4n) is 2.28. The molecule has 0 aromatic rings. The van der Waals surface area contributed by atoms with E-state index in [-0.39, 0.29) is 0 Å². The van der Waals surface area contributed by atoms with E-state index < -0.39 is 0 Å². The summed E-state index contributed by atoms with van der Waals surface area (Å²) < 4.78 is 5.37. The summed E-state index contributed by atoms with van der Waals surface area (Å²) in [5.74, 6) is 1.75. The number of nitrogens with zero attached hydrogens (tertiary/aromatic N) is 1. The Morgan fingerprint density at radius 1 is 1.42 bits per heavy atom. The van der Waals surface area contributed by atoms with Crippen LogP contribution < -0.4 is 0 Å². The van der Waals surface area contributed by atoms with Crippen LogP contribution in [0.3, 0.4) is 0 Å². The second-order valence-corrected chi connectivity index (χ2v) is 4.38. The van der Waals surface area contributed by atoms with Gasteiger partial charge in [0.25, 0.3) is 0 Å². The van der Waals surface area contributed by atoms with Gasteiger partial charge < -0.3 is 9.64 Å². The zero-order chi connectivity index (χ0) is 8.39. The maximum atomic E-state index is 5.37. The van der Waals surface area contributed by atoms with Crippen LogP contribution in [0, 0.1) is 11.8 Å². The third-order valence-corrected chi connectivity index (χ3v) is 3.05. The molecule has 0 aromatic heterocycles. The molecule has 2 atom stereocenters. The highest BCUT2D eigenvalue weighted by atomic mass is 16.5. The van der Waals surface area contributed by atoms with Crippen LogP contribution in [0.1, 0.15) is 19.8 Å². The first-order valence-corrected chi connectivity index (χ1v) is 5.14. The Bertz CT molecular complexity index is 143. The van der Waals surface area contributed by atoms with Gasteiger partial charge in [0.2, 0.25) is 0 Å². The molecule has 0 spiro atoms. The zero-order valence-corrected chi connectivity index (χ0v) is 7.96. The molecule has 2 heteroatoms. The number of ether oxygens (including phenoxy) is 1. The van der Waals surface area contributed by atoms with E-state index in [1.165, 1.54) is 32.5 Å². The largest absolute Gasteiger partial charge is 0.381 e. The van der Waals surface area contributed by atoms with Gasteiger partial charge in [0.15, 0.2) is 0 Å². The summed E-state index contributed by atoms with van der Waals surface area (Å²) in [6.07, 6.45) is 2.68. The van der Waals surface area contributed by atoms with Gasteiger partial charge in [-0.15, -0.1) is 0 Å². The monoisotopic (exact) mass is 169 g/mol. The average Bonchev–Trinajstić information content (AvgIpc) is 2.63. The van der Waals surface area contributed by atoms with Gasteiger partial charge in [-0.1, -0.05) is 6.92 Å². The lowest BCUT2D eigenvalue weighted by atomic mass is 10.1. The van der Waals surface area contributed by atoms with E-state index in [0.717, 1.165) is 25.0 Å². The van der Waals surface area contributed by atoms with Gasteiger partial charge in [-0.05, 0) is 31.2 Å². The third kappa shape index (κ3) is 1.99. The third-order valence-electron chi connectivity index (χ3n) is 3.05. The van der Waals surface area contributed by atoms with Crippen LogP contribution in [0.4, 0.5) is 0 Å². The smallest absolute Gasteiger partial charge is 0.0507 e. The topological polar surface area (TPSA) is 12.5 Å². The van der Waals surface area contributed by atoms with Gasteiger partial charge in [-0.2, -0.15) is 0 Å². The first-order chi connectivity index (χ1) is 5.84. The van der Waals surface area contributed by atoms with Crippen molar-refractivity contribution in [2.45, 2.75) is 19.8 Å². The molecule has 2 fully saturated rings. The molecule has 12 heavy (non-hydrogen) atoms. The molecule has 0 amide bonds. The summed E-state index contributed by atoms with van der Waals surface area (Å²) in [5.41, 5.74) is 0. The lowest BCUT2D eigenvalue weighted by Gasteiger charge is -2.18. The molecule has 2 unspecified atom stereocenters. The Labute approximate surface area is 74.9 Å². The molecule has 2 aliphatic heterocycles. The van der Waals surface area contributed by atoms with Crippen LogP contribution in [0.2, 0.25) is 0 Å². The molecule has 0 bridgehead atoms. The molecule has 2 aliphatic rings. The van der Waals surface area contributed by atoms with Crippen molar-refractivity contribution in [3.63, 3.8) is 0 Å². The average molecular weight is 169 g/mol. The van der Waals surface area contributed by atoms with Gasteiger partial charge in [0, 0.05) is 19.7 Å². The first kappa shape index (κ1) is 8.52. The van der Waals surface area contributed by atoms with Gasteiger partial charge in [-0.3, -0.25) is 0 Å². The zero-order valence-electron chi connectivity index (χ0n) is 7.96. The molecule has 0 radical (unpaired) electrons. The van der Waals surface area contributed by atoms with E-state index in [1.807, 2.05) is 0 Å². The van der Waals surface area contributed by atoms with Gasteiger partial charge in [0.1, 0.15) is 0 Å². The Hall–Kier alpha value is -0.0800. The SMILES string of the molecule is CC1CCN(CC2CCOC2)C1. The molecule has 0 aliphatic carbocycles. The number of likely N-dealkylation sites (tertiary alicyclic amines) is 1. The molecular weight excluding hydrogens is 150 g/mol. The van der Waals surface area contributed by atoms with Gasteiger partial charge in [-0.25, -0.2) is 0 Å². The summed E-state index contributed by atoms with van der Waals surface area (Å²) >= 11 is 0. The van der Waals surface area contributed by atoms with Crippen molar-refractivity contribution in [1.29, 1.82) is 0 Å². The molecule has 2 saturated heterocycles. The lowest BCUT2D eigenvalue weighted by Crippen LogP contribution is -2.27. The minimum absolute atomic E-state index is 0.829. The summed E-state index contributed by atoms with van der Waals surface area (Å²) in [7, 11) is 0. The quantitative estimate of drug-likeness (QED) is 0.619. The van der Waals surface area contributed by atoms with E-state index in [2.05, 4.69) is 11.8 Å². The summed E-state index contributed by atoms with van der Waals surface area (Å²) in [5, 5.41) is 0. The number of hydrogen-bond donors (Lipinski definition) is 0. The predicted octanol–water partition coefficient (Wildman–Crippen LogP) is 1.36. The van der Waals surface area contributed by atoms with E-state index in [0.29, 0.717) is 0 Å². The summed E-state index contributed by atoms with van der Waals surface area (Å²) in [6, 6.07) is 0. The molecule has 0 aromatic carbocycles. The molecule has 0 N–H and O–H groups in total. The second kappa shape index (κ2) is 3.75. The van der Waals surface area contributed by atoms with Gasteiger partial charge in [0.05, 0.1) is 6.61 Å². The normalized spacial score (nSPS) is 37.8. The van der Waals surface area contributed by atoms with Crippen molar-refractivity contribution in [1.82, 2.24) is 4.90 Å². The summed E-state index contributed by atoms with van der Waals surface area (Å²) in [6.45, 7) is 8.27. The van der Waals surface area contributed by atoms with E-state index in [1.54, 1.807) is 0 Å². The van der Waals surface area contributed by atoms with Crippen LogP contribution >= 0.6 is 0 Å². The van der Waals surface area contributed by atoms with Crippen molar-refractivity contribution in [2.75, 3.05) is 32.8 Å². The highest BCUT2D eigenvalue weighted by Gasteiger charge is 2.23. The van der Waals surface area contributed by atoms with Crippen molar-refractivity contribution in [3.8, 4) is 0 Å². The van der Waals surface area contributed by atoms with Crippen molar-refractivity contribution in [2.24, 2.45) is 11.8 Å². The Balaban J connectivity index is 1.72. The van der Waals surface area contributed by atoms with E-state index in [9.17, 15) is 0 Å². The standard InChI is InChI=1S/C10H19NO/c1-9-2-4-11(6-9)7-10-3-5-12-8-10/h9-10H,2-8H2,1H3. The van der Waals surface area contributed by atoms with Crippen LogP contribution in [-0.4, -0.2) is 37.7 Å². The Kier molecular flexibility index (Phi) is 2.66. The maximum absolute atomic E-state index is 5.37. The maximum Gasteiger partial charge on any atom is 0.0507 e. The highest BCUT2D eigenvalue weighted by Crippen LogP contribution is 2.19. The fraction of sp³-hybridized carbons (Fsp3) is 1.00. The predicted molar refractivity (Wildman–Crippen MR) is 49.1 cm³/mol. The van der Waals surface area contributed by atoms with Crippen LogP contribution in [0.5, 0.6) is 0 Å². The van der Waals surface area contributed by atoms with E-state index in [4.69, 9.17) is 4.74 Å². The Morgan fingerprint density at radius 3 is 2.92 bits per heavy atom. The van der Waals surface area contributed by atoms with Crippen molar-refractivity contribution < 1.29 is 4.74 Å². The molecule has 2 heterocycles. The minimum atomic E-state index is 0.829. The molecule has 70 valence electrons. The van der Waals surface area contributed by atoms with Crippen LogP contribution in [-0.2, 0) is 4.74 Å². The Morgan fingerprint density at radius 2 is 2.33 bits per heavy atom. The van der Waals surface area contributed by atoms with Crippen LogP contribution in [0.15, 0.2) is 0 Å². The molecular formula is C10H19NO. The second-order valence-electron chi connectivity index (χ2n) is 4.38. The van der Waals surface area contributed by atoms with Crippen molar-refractivity contribution >= 4 is 0 Å². The van der Waals surface area contributed by atoms with Gasteiger partial charge >= 0.3 is 0 Å². The van der Waals surface area contributed by atoms with E-state index >= 15 is 0 Å². The van der Waals surface area contributed by atoms with Crippen molar-refractivity contribution in [3.05, 3.63) is 0 Å². The first-order valence-electron chi connectivity index (χ1n) is 5.14. The number of rotatable bonds is 2. The lowest BCUT2D eigenvalue weighted by molar-refractivity contribution is 0.173. The molecule has 2 nitrogen and oxygen atoms in total. The summed E-state index contributed by atoms with van der Waals surface area (Å²) in [4.78, 5) is 2.60. The molecule has 2 rings (SSSR count). The van der Waals surface area contributed by atoms with Crippen LogP contribution in [0.25, 0.3) is 0 Å². The molecule has 0 saturated carbocycles. The fourth-order valence-corrected chi connectivity index (χ4v) is 2.28. The minimum Gasteiger partial charge on any atom is -0.381 e. The number of hydrogen-bond acceptors (Lipinski definition) is 2.